The van der Waals surface area contributed by atoms with Crippen molar-refractivity contribution in [2.45, 2.75) is 26.7 Å². The fourth-order valence-corrected chi connectivity index (χ4v) is 2.04. The van der Waals surface area contributed by atoms with Gasteiger partial charge in [0.15, 0.2) is 0 Å². The summed E-state index contributed by atoms with van der Waals surface area (Å²) in [4.78, 5) is 2.42. The molecule has 66 valence electrons. The lowest BCUT2D eigenvalue weighted by Crippen LogP contribution is -2.34. The third-order valence-electron chi connectivity index (χ3n) is 2.78. The lowest BCUT2D eigenvalue weighted by molar-refractivity contribution is 0.179. The van der Waals surface area contributed by atoms with Crippen molar-refractivity contribution < 1.29 is 0 Å². The molecule has 0 amide bonds. The standard InChI is InChI=1S/C9H19NS/c1-8(2)9-3-5-10(7-11)6-4-9/h8-9,11H,3-7H2,1-2H3. The molecule has 0 saturated carbocycles. The molecule has 1 heterocycles. The largest absolute Gasteiger partial charge is 0.294 e. The summed E-state index contributed by atoms with van der Waals surface area (Å²) in [5, 5.41) is 0. The SMILES string of the molecule is CC(C)C1CCN(CS)CC1. The Morgan fingerprint density at radius 1 is 1.36 bits per heavy atom. The van der Waals surface area contributed by atoms with Crippen LogP contribution in [0, 0.1) is 11.8 Å². The summed E-state index contributed by atoms with van der Waals surface area (Å²) in [6, 6.07) is 0. The molecular formula is C9H19NS. The number of hydrogen-bond acceptors (Lipinski definition) is 2. The van der Waals surface area contributed by atoms with Crippen LogP contribution < -0.4 is 0 Å². The minimum Gasteiger partial charge on any atom is -0.294 e. The van der Waals surface area contributed by atoms with E-state index >= 15 is 0 Å². The summed E-state index contributed by atoms with van der Waals surface area (Å²) in [6.45, 7) is 7.18. The van der Waals surface area contributed by atoms with Crippen LogP contribution in [0.25, 0.3) is 0 Å². The van der Waals surface area contributed by atoms with E-state index < -0.39 is 0 Å². The van der Waals surface area contributed by atoms with E-state index in [-0.39, 0.29) is 0 Å². The maximum atomic E-state index is 4.27. The molecule has 1 fully saturated rings. The Labute approximate surface area is 75.6 Å². The molecule has 1 saturated heterocycles. The van der Waals surface area contributed by atoms with Crippen LogP contribution in [0.2, 0.25) is 0 Å². The topological polar surface area (TPSA) is 3.24 Å². The van der Waals surface area contributed by atoms with Crippen LogP contribution in [0.5, 0.6) is 0 Å². The van der Waals surface area contributed by atoms with Gasteiger partial charge in [-0.25, -0.2) is 0 Å². The van der Waals surface area contributed by atoms with E-state index in [1.807, 2.05) is 0 Å². The first-order valence-electron chi connectivity index (χ1n) is 4.57. The second-order valence-corrected chi connectivity index (χ2v) is 4.12. The van der Waals surface area contributed by atoms with Gasteiger partial charge in [0.2, 0.25) is 0 Å². The van der Waals surface area contributed by atoms with Crippen LogP contribution in [-0.4, -0.2) is 23.9 Å². The minimum absolute atomic E-state index is 0.872. The summed E-state index contributed by atoms with van der Waals surface area (Å²) in [7, 11) is 0. The highest BCUT2D eigenvalue weighted by atomic mass is 32.1. The summed E-state index contributed by atoms with van der Waals surface area (Å²) < 4.78 is 0. The average Bonchev–Trinajstić information content (AvgIpc) is 2.05. The molecular weight excluding hydrogens is 154 g/mol. The summed E-state index contributed by atoms with van der Waals surface area (Å²) in [5.41, 5.74) is 0. The van der Waals surface area contributed by atoms with E-state index in [1.54, 1.807) is 0 Å². The third-order valence-corrected chi connectivity index (χ3v) is 3.18. The van der Waals surface area contributed by atoms with Crippen molar-refractivity contribution in [1.29, 1.82) is 0 Å². The van der Waals surface area contributed by atoms with Crippen LogP contribution >= 0.6 is 12.6 Å². The van der Waals surface area contributed by atoms with Crippen LogP contribution in [0.1, 0.15) is 26.7 Å². The quantitative estimate of drug-likeness (QED) is 0.627. The van der Waals surface area contributed by atoms with Gasteiger partial charge in [0.05, 0.1) is 0 Å². The molecule has 1 aliphatic heterocycles. The average molecular weight is 173 g/mol. The first-order valence-corrected chi connectivity index (χ1v) is 5.20. The van der Waals surface area contributed by atoms with Crippen molar-refractivity contribution in [3.05, 3.63) is 0 Å². The fourth-order valence-electron chi connectivity index (χ4n) is 1.76. The van der Waals surface area contributed by atoms with Gasteiger partial charge in [0.1, 0.15) is 0 Å². The van der Waals surface area contributed by atoms with Gasteiger partial charge in [-0.3, -0.25) is 4.90 Å². The number of piperidine rings is 1. The summed E-state index contributed by atoms with van der Waals surface area (Å²) >= 11 is 4.27. The van der Waals surface area contributed by atoms with Crippen molar-refractivity contribution in [2.24, 2.45) is 11.8 Å². The van der Waals surface area contributed by atoms with Gasteiger partial charge >= 0.3 is 0 Å². The van der Waals surface area contributed by atoms with E-state index in [0.717, 1.165) is 17.7 Å². The molecule has 0 aliphatic carbocycles. The maximum Gasteiger partial charge on any atom is 0.0414 e. The Morgan fingerprint density at radius 3 is 2.27 bits per heavy atom. The molecule has 0 atom stereocenters. The van der Waals surface area contributed by atoms with Gasteiger partial charge in [0, 0.05) is 5.88 Å². The number of nitrogens with zero attached hydrogens (tertiary/aromatic N) is 1. The Kier molecular flexibility index (Phi) is 3.73. The molecule has 0 aromatic rings. The Bertz CT molecular complexity index is 106. The molecule has 0 spiro atoms. The molecule has 1 aliphatic rings. The van der Waals surface area contributed by atoms with Crippen molar-refractivity contribution in [3.8, 4) is 0 Å². The highest BCUT2D eigenvalue weighted by molar-refractivity contribution is 7.80. The highest BCUT2D eigenvalue weighted by Gasteiger charge is 2.20. The maximum absolute atomic E-state index is 4.27. The van der Waals surface area contributed by atoms with Crippen LogP contribution in [-0.2, 0) is 0 Å². The van der Waals surface area contributed by atoms with E-state index in [0.29, 0.717) is 0 Å². The summed E-state index contributed by atoms with van der Waals surface area (Å²) in [6.07, 6.45) is 2.75. The van der Waals surface area contributed by atoms with Crippen molar-refractivity contribution in [1.82, 2.24) is 4.90 Å². The lowest BCUT2D eigenvalue weighted by Gasteiger charge is -2.32. The van der Waals surface area contributed by atoms with E-state index in [2.05, 4.69) is 31.4 Å². The zero-order valence-corrected chi connectivity index (χ0v) is 8.48. The molecule has 0 aromatic heterocycles. The molecule has 1 nitrogen and oxygen atoms in total. The van der Waals surface area contributed by atoms with Gasteiger partial charge in [0.25, 0.3) is 0 Å². The monoisotopic (exact) mass is 173 g/mol. The molecule has 2 heteroatoms. The number of rotatable bonds is 2. The van der Waals surface area contributed by atoms with Crippen molar-refractivity contribution in [3.63, 3.8) is 0 Å². The van der Waals surface area contributed by atoms with Gasteiger partial charge in [-0.05, 0) is 37.8 Å². The second kappa shape index (κ2) is 4.36. The van der Waals surface area contributed by atoms with Crippen molar-refractivity contribution >= 4 is 12.6 Å². The van der Waals surface area contributed by atoms with E-state index in [9.17, 15) is 0 Å². The van der Waals surface area contributed by atoms with Gasteiger partial charge in [-0.15, -0.1) is 0 Å². The second-order valence-electron chi connectivity index (χ2n) is 3.84. The Balaban J connectivity index is 2.24. The van der Waals surface area contributed by atoms with Crippen LogP contribution in [0.3, 0.4) is 0 Å². The zero-order valence-electron chi connectivity index (χ0n) is 7.58. The molecule has 0 bridgehead atoms. The van der Waals surface area contributed by atoms with Crippen LogP contribution in [0.4, 0.5) is 0 Å². The van der Waals surface area contributed by atoms with Gasteiger partial charge in [-0.1, -0.05) is 13.8 Å². The number of thiol groups is 1. The molecule has 0 N–H and O–H groups in total. The smallest absolute Gasteiger partial charge is 0.0414 e. The zero-order chi connectivity index (χ0) is 8.27. The molecule has 0 radical (unpaired) electrons. The minimum atomic E-state index is 0.872. The number of likely N-dealkylation sites (tertiary alicyclic amines) is 1. The fraction of sp³-hybridized carbons (Fsp3) is 1.00. The molecule has 11 heavy (non-hydrogen) atoms. The summed E-state index contributed by atoms with van der Waals surface area (Å²) in [5.74, 6) is 2.77. The first-order chi connectivity index (χ1) is 5.24. The van der Waals surface area contributed by atoms with Gasteiger partial charge < -0.3 is 0 Å². The number of hydrogen-bond donors (Lipinski definition) is 1. The first kappa shape index (κ1) is 9.40. The lowest BCUT2D eigenvalue weighted by atomic mass is 9.87. The normalized spacial score (nSPS) is 22.9. The van der Waals surface area contributed by atoms with Crippen molar-refractivity contribution in [2.75, 3.05) is 19.0 Å². The molecule has 1 rings (SSSR count). The third kappa shape index (κ3) is 2.68. The van der Waals surface area contributed by atoms with E-state index in [4.69, 9.17) is 0 Å². The molecule has 0 aromatic carbocycles. The predicted octanol–water partition coefficient (Wildman–Crippen LogP) is 2.24. The Hall–Kier alpha value is 0.310. The predicted molar refractivity (Wildman–Crippen MR) is 53.0 cm³/mol. The highest BCUT2D eigenvalue weighted by Crippen LogP contribution is 2.24. The van der Waals surface area contributed by atoms with Crippen LogP contribution in [0.15, 0.2) is 0 Å². The molecule has 0 unspecified atom stereocenters. The van der Waals surface area contributed by atoms with E-state index in [1.165, 1.54) is 25.9 Å². The Morgan fingerprint density at radius 2 is 1.91 bits per heavy atom. The van der Waals surface area contributed by atoms with Gasteiger partial charge in [-0.2, -0.15) is 12.6 Å².